The zero-order chi connectivity index (χ0) is 8.97. The first-order chi connectivity index (χ1) is 5.72. The highest BCUT2D eigenvalue weighted by Crippen LogP contribution is 2.09. The van der Waals surface area contributed by atoms with E-state index in [1.54, 1.807) is 0 Å². The zero-order valence-corrected chi connectivity index (χ0v) is 7.00. The van der Waals surface area contributed by atoms with E-state index < -0.39 is 6.09 Å². The van der Waals surface area contributed by atoms with Crippen LogP contribution in [0.5, 0.6) is 0 Å². The van der Waals surface area contributed by atoms with E-state index in [9.17, 15) is 4.79 Å². The highest BCUT2D eigenvalue weighted by molar-refractivity contribution is 6.30. The first-order valence-electron chi connectivity index (χ1n) is 3.05. The average Bonchev–Trinajstić information content (AvgIpc) is 2.04. The summed E-state index contributed by atoms with van der Waals surface area (Å²) in [4.78, 5) is 10.6. The van der Waals surface area contributed by atoms with Gasteiger partial charge >= 0.3 is 6.09 Å². The molecule has 1 amide bonds. The lowest BCUT2D eigenvalue weighted by molar-refractivity contribution is 0.187. The highest BCUT2D eigenvalue weighted by atomic mass is 35.5. The van der Waals surface area contributed by atoms with E-state index in [2.05, 4.69) is 20.3 Å². The van der Waals surface area contributed by atoms with E-state index in [-0.39, 0.29) is 5.82 Å². The molecule has 0 atom stereocenters. The number of hydrogen-bond acceptors (Lipinski definition) is 4. The van der Waals surface area contributed by atoms with Crippen molar-refractivity contribution in [3.63, 3.8) is 0 Å². The molecule has 0 fully saturated rings. The number of amides is 1. The Hall–Kier alpha value is -1.36. The molecule has 0 bridgehead atoms. The number of rotatable bonds is 1. The van der Waals surface area contributed by atoms with Crippen LogP contribution in [-0.2, 0) is 4.74 Å². The number of hydrogen-bond donors (Lipinski definition) is 1. The molecule has 0 aromatic carbocycles. The highest BCUT2D eigenvalue weighted by Gasteiger charge is 2.01. The van der Waals surface area contributed by atoms with Crippen LogP contribution in [0.2, 0.25) is 5.02 Å². The second kappa shape index (κ2) is 3.87. The smallest absolute Gasteiger partial charge is 0.412 e. The summed E-state index contributed by atoms with van der Waals surface area (Å²) >= 11 is 5.58. The Balaban J connectivity index is 2.69. The lowest BCUT2D eigenvalue weighted by Gasteiger charge is -2.00. The second-order valence-electron chi connectivity index (χ2n) is 1.88. The van der Waals surface area contributed by atoms with Crippen molar-refractivity contribution in [3.8, 4) is 0 Å². The van der Waals surface area contributed by atoms with Crippen molar-refractivity contribution in [3.05, 3.63) is 17.3 Å². The van der Waals surface area contributed by atoms with Crippen LogP contribution in [0, 0.1) is 0 Å². The molecule has 1 rings (SSSR count). The molecular weight excluding hydrogens is 182 g/mol. The summed E-state index contributed by atoms with van der Waals surface area (Å²) in [6, 6.07) is 1.46. The predicted molar refractivity (Wildman–Crippen MR) is 43.1 cm³/mol. The number of methoxy groups -OCH3 is 1. The molecule has 0 unspecified atom stereocenters. The normalized spacial score (nSPS) is 9.17. The third kappa shape index (κ3) is 2.35. The largest absolute Gasteiger partial charge is 0.453 e. The van der Waals surface area contributed by atoms with E-state index >= 15 is 0 Å². The maximum Gasteiger partial charge on any atom is 0.412 e. The summed E-state index contributed by atoms with van der Waals surface area (Å²) in [6.45, 7) is 0. The van der Waals surface area contributed by atoms with Gasteiger partial charge in [-0.3, -0.25) is 5.32 Å². The van der Waals surface area contributed by atoms with Gasteiger partial charge in [-0.1, -0.05) is 11.6 Å². The summed E-state index contributed by atoms with van der Waals surface area (Å²) < 4.78 is 4.33. The van der Waals surface area contributed by atoms with Gasteiger partial charge in [-0.25, -0.2) is 4.79 Å². The summed E-state index contributed by atoms with van der Waals surface area (Å²) in [6.07, 6.45) is 0.760. The molecule has 0 aliphatic rings. The quantitative estimate of drug-likeness (QED) is 0.720. The van der Waals surface area contributed by atoms with Gasteiger partial charge in [-0.2, -0.15) is 5.10 Å². The maximum absolute atomic E-state index is 10.6. The molecule has 0 aliphatic carbocycles. The predicted octanol–water partition coefficient (Wildman–Crippen LogP) is 1.31. The third-order valence-electron chi connectivity index (χ3n) is 1.04. The summed E-state index contributed by atoms with van der Waals surface area (Å²) in [5, 5.41) is 9.81. The molecule has 1 N–H and O–H groups in total. The lowest BCUT2D eigenvalue weighted by Crippen LogP contribution is -2.12. The molecule has 1 heterocycles. The van der Waals surface area contributed by atoms with Gasteiger partial charge in [0.05, 0.1) is 18.3 Å². The van der Waals surface area contributed by atoms with Crippen LogP contribution in [0.25, 0.3) is 0 Å². The number of aromatic nitrogens is 2. The van der Waals surface area contributed by atoms with Crippen molar-refractivity contribution in [2.24, 2.45) is 0 Å². The second-order valence-corrected chi connectivity index (χ2v) is 2.31. The molecule has 0 aliphatic heterocycles. The molecule has 0 saturated heterocycles. The lowest BCUT2D eigenvalue weighted by atomic mass is 10.5. The van der Waals surface area contributed by atoms with Gasteiger partial charge in [0.25, 0.3) is 0 Å². The maximum atomic E-state index is 10.6. The number of carbonyl (C=O) groups is 1. The third-order valence-corrected chi connectivity index (χ3v) is 1.24. The molecule has 6 heteroatoms. The van der Waals surface area contributed by atoms with Gasteiger partial charge in [0.15, 0.2) is 5.82 Å². The average molecular weight is 188 g/mol. The first kappa shape index (κ1) is 8.73. The molecule has 0 spiro atoms. The fraction of sp³-hybridized carbons (Fsp3) is 0.167. The number of ether oxygens (including phenoxy) is 1. The van der Waals surface area contributed by atoms with E-state index in [0.717, 1.165) is 0 Å². The van der Waals surface area contributed by atoms with Crippen LogP contribution in [-0.4, -0.2) is 23.4 Å². The number of anilines is 1. The van der Waals surface area contributed by atoms with Crippen LogP contribution in [0.4, 0.5) is 10.6 Å². The standard InChI is InChI=1S/C6H6ClN3O2/c1-12-6(11)9-5-2-4(7)3-8-10-5/h2-3H,1H3,(H,9,10,11). The van der Waals surface area contributed by atoms with Crippen LogP contribution in [0.1, 0.15) is 0 Å². The van der Waals surface area contributed by atoms with Crippen molar-refractivity contribution >= 4 is 23.5 Å². The van der Waals surface area contributed by atoms with Gasteiger partial charge in [0.1, 0.15) is 0 Å². The minimum Gasteiger partial charge on any atom is -0.453 e. The topological polar surface area (TPSA) is 64.1 Å². The molecule has 5 nitrogen and oxygen atoms in total. The molecule has 12 heavy (non-hydrogen) atoms. The van der Waals surface area contributed by atoms with Crippen molar-refractivity contribution in [1.29, 1.82) is 0 Å². The van der Waals surface area contributed by atoms with Crippen molar-refractivity contribution in [2.75, 3.05) is 12.4 Å². The summed E-state index contributed by atoms with van der Waals surface area (Å²) in [7, 11) is 1.26. The van der Waals surface area contributed by atoms with Crippen LogP contribution in [0.15, 0.2) is 12.3 Å². The van der Waals surface area contributed by atoms with E-state index in [1.165, 1.54) is 19.4 Å². The Morgan fingerprint density at radius 2 is 2.50 bits per heavy atom. The van der Waals surface area contributed by atoms with Gasteiger partial charge in [-0.15, -0.1) is 5.10 Å². The number of halogens is 1. The first-order valence-corrected chi connectivity index (χ1v) is 3.43. The van der Waals surface area contributed by atoms with Gasteiger partial charge in [-0.05, 0) is 0 Å². The SMILES string of the molecule is COC(=O)Nc1cc(Cl)cnn1. The number of nitrogens with zero attached hydrogens (tertiary/aromatic N) is 2. The monoisotopic (exact) mass is 187 g/mol. The zero-order valence-electron chi connectivity index (χ0n) is 6.24. The van der Waals surface area contributed by atoms with Crippen LogP contribution < -0.4 is 5.32 Å². The van der Waals surface area contributed by atoms with Crippen LogP contribution in [0.3, 0.4) is 0 Å². The molecular formula is C6H6ClN3O2. The van der Waals surface area contributed by atoms with Crippen molar-refractivity contribution in [2.45, 2.75) is 0 Å². The molecule has 1 aromatic rings. The van der Waals surface area contributed by atoms with Crippen LogP contribution >= 0.6 is 11.6 Å². The molecule has 0 radical (unpaired) electrons. The van der Waals surface area contributed by atoms with E-state index in [1.807, 2.05) is 0 Å². The fourth-order valence-corrected chi connectivity index (χ4v) is 0.707. The molecule has 0 saturated carbocycles. The van der Waals surface area contributed by atoms with E-state index in [0.29, 0.717) is 5.02 Å². The Morgan fingerprint density at radius 1 is 1.75 bits per heavy atom. The number of carbonyl (C=O) groups excluding carboxylic acids is 1. The Labute approximate surface area is 73.7 Å². The molecule has 64 valence electrons. The minimum absolute atomic E-state index is 0.259. The Kier molecular flexibility index (Phi) is 2.82. The number of nitrogens with one attached hydrogen (secondary N) is 1. The van der Waals surface area contributed by atoms with Gasteiger partial charge in [0.2, 0.25) is 0 Å². The van der Waals surface area contributed by atoms with Gasteiger partial charge in [0, 0.05) is 6.07 Å². The van der Waals surface area contributed by atoms with Crippen molar-refractivity contribution < 1.29 is 9.53 Å². The minimum atomic E-state index is -0.605. The fourth-order valence-electron chi connectivity index (χ4n) is 0.560. The van der Waals surface area contributed by atoms with E-state index in [4.69, 9.17) is 11.6 Å². The Morgan fingerprint density at radius 3 is 3.08 bits per heavy atom. The summed E-state index contributed by atoms with van der Waals surface area (Å²) in [5.74, 6) is 0.259. The molecule has 1 aromatic heterocycles. The summed E-state index contributed by atoms with van der Waals surface area (Å²) in [5.41, 5.74) is 0. The Bertz CT molecular complexity index is 292. The van der Waals surface area contributed by atoms with Crippen molar-refractivity contribution in [1.82, 2.24) is 10.2 Å². The van der Waals surface area contributed by atoms with Gasteiger partial charge < -0.3 is 4.74 Å².